The molecule has 3 aromatic rings. The summed E-state index contributed by atoms with van der Waals surface area (Å²) in [6, 6.07) is 11.9. The predicted molar refractivity (Wildman–Crippen MR) is 129 cm³/mol. The summed E-state index contributed by atoms with van der Waals surface area (Å²) >= 11 is 1.03. The maximum Gasteiger partial charge on any atom is 0.338 e. The fraction of sp³-hybridized carbons (Fsp3) is 0.217. The number of rotatable bonds is 6. The van der Waals surface area contributed by atoms with Crippen molar-refractivity contribution in [2.24, 2.45) is 15.2 Å². The smallest absolute Gasteiger partial charge is 0.338 e. The molecule has 174 valence electrons. The minimum atomic E-state index is -0.730. The molecule has 0 spiro atoms. The molecule has 0 aliphatic carbocycles. The van der Waals surface area contributed by atoms with Gasteiger partial charge in [0.25, 0.3) is 5.91 Å². The number of aromatic hydroxyl groups is 1. The van der Waals surface area contributed by atoms with E-state index in [1.165, 1.54) is 0 Å². The first-order valence-corrected chi connectivity index (χ1v) is 11.3. The summed E-state index contributed by atoms with van der Waals surface area (Å²) in [4.78, 5) is 43.0. The van der Waals surface area contributed by atoms with Crippen molar-refractivity contribution < 1.29 is 24.2 Å². The van der Waals surface area contributed by atoms with Gasteiger partial charge in [-0.25, -0.2) is 4.79 Å². The van der Waals surface area contributed by atoms with E-state index in [0.29, 0.717) is 22.2 Å². The van der Waals surface area contributed by atoms with E-state index in [4.69, 9.17) is 4.74 Å². The molecule has 1 aliphatic heterocycles. The molecule has 0 radical (unpaired) electrons. The van der Waals surface area contributed by atoms with E-state index in [-0.39, 0.29) is 35.7 Å². The van der Waals surface area contributed by atoms with Gasteiger partial charge < -0.3 is 20.1 Å². The van der Waals surface area contributed by atoms with Crippen LogP contribution in [0.5, 0.6) is 5.88 Å². The fourth-order valence-corrected chi connectivity index (χ4v) is 4.17. The Morgan fingerprint density at radius 3 is 2.71 bits per heavy atom. The van der Waals surface area contributed by atoms with Gasteiger partial charge in [0.15, 0.2) is 5.69 Å². The molecule has 2 heterocycles. The number of aromatic nitrogens is 1. The van der Waals surface area contributed by atoms with Gasteiger partial charge in [0.05, 0.1) is 17.7 Å². The van der Waals surface area contributed by atoms with Crippen molar-refractivity contribution in [2.45, 2.75) is 25.5 Å². The number of amidine groups is 1. The Labute approximate surface area is 198 Å². The molecule has 0 saturated heterocycles. The summed E-state index contributed by atoms with van der Waals surface area (Å²) in [6.45, 7) is 3.92. The van der Waals surface area contributed by atoms with Crippen LogP contribution in [0.3, 0.4) is 0 Å². The second-order valence-corrected chi connectivity index (χ2v) is 8.63. The average molecular weight is 480 g/mol. The van der Waals surface area contributed by atoms with Gasteiger partial charge in [-0.2, -0.15) is 4.99 Å². The molecule has 4 rings (SSSR count). The quantitative estimate of drug-likeness (QED) is 0.351. The normalized spacial score (nSPS) is 15.6. The van der Waals surface area contributed by atoms with E-state index < -0.39 is 17.1 Å². The molecule has 2 aromatic carbocycles. The highest BCUT2D eigenvalue weighted by Crippen LogP contribution is 2.37. The van der Waals surface area contributed by atoms with Crippen molar-refractivity contribution in [3.8, 4) is 5.88 Å². The molecule has 1 atom stereocenters. The van der Waals surface area contributed by atoms with E-state index >= 15 is 0 Å². The Morgan fingerprint density at radius 2 is 1.97 bits per heavy atom. The second-order valence-electron chi connectivity index (χ2n) is 7.46. The molecule has 0 fully saturated rings. The van der Waals surface area contributed by atoms with Gasteiger partial charge in [-0.05, 0) is 50.2 Å². The number of fused-ring (bicyclic) bond motifs is 1. The van der Waals surface area contributed by atoms with Gasteiger partial charge in [-0.3, -0.25) is 9.59 Å². The molecule has 11 heteroatoms. The van der Waals surface area contributed by atoms with Crippen LogP contribution in [0, 0.1) is 6.92 Å². The zero-order chi connectivity index (χ0) is 24.2. The van der Waals surface area contributed by atoms with Gasteiger partial charge in [-0.1, -0.05) is 23.4 Å². The lowest BCUT2D eigenvalue weighted by Gasteiger charge is -2.08. The number of aliphatic imine (C=N–C) groups is 1. The number of carbonyl (C=O) groups excluding carboxylic acids is 3. The zero-order valence-corrected chi connectivity index (χ0v) is 19.2. The topological polar surface area (TPSA) is 146 Å². The lowest BCUT2D eigenvalue weighted by Crippen LogP contribution is -2.21. The standard InChI is InChI=1S/C23H21N5O5S/c1-3-33-22(32)13-5-7-14(8-6-13)24-18(29)11-17-20(30)26-23(34-17)28-27-19-15-10-12(2)4-9-16(15)25-21(19)31/h4-10,17,25,31H,3,11H2,1-2H3,(H,24,29). The van der Waals surface area contributed by atoms with Crippen LogP contribution in [0.1, 0.15) is 29.3 Å². The zero-order valence-electron chi connectivity index (χ0n) is 18.4. The minimum absolute atomic E-state index is 0.108. The number of aryl methyl sites for hydroxylation is 1. The summed E-state index contributed by atoms with van der Waals surface area (Å²) in [5.74, 6) is -1.44. The summed E-state index contributed by atoms with van der Waals surface area (Å²) in [7, 11) is 0. The maximum absolute atomic E-state index is 12.4. The number of benzene rings is 2. The molecule has 2 amide bonds. The molecule has 34 heavy (non-hydrogen) atoms. The molecule has 3 N–H and O–H groups in total. The highest BCUT2D eigenvalue weighted by atomic mass is 32.2. The molecule has 1 unspecified atom stereocenters. The number of azo groups is 1. The third kappa shape index (κ3) is 5.15. The number of ether oxygens (including phenoxy) is 1. The van der Waals surface area contributed by atoms with Crippen molar-refractivity contribution in [1.82, 2.24) is 4.98 Å². The largest absolute Gasteiger partial charge is 0.493 e. The Balaban J connectivity index is 1.36. The minimum Gasteiger partial charge on any atom is -0.493 e. The number of hydrogen-bond acceptors (Lipinski definition) is 8. The number of anilines is 1. The van der Waals surface area contributed by atoms with Gasteiger partial charge >= 0.3 is 5.97 Å². The van der Waals surface area contributed by atoms with Crippen LogP contribution in [-0.4, -0.2) is 44.9 Å². The van der Waals surface area contributed by atoms with Gasteiger partial charge in [-0.15, -0.1) is 10.2 Å². The molecular weight excluding hydrogens is 458 g/mol. The van der Waals surface area contributed by atoms with Crippen LogP contribution in [0.2, 0.25) is 0 Å². The monoisotopic (exact) mass is 479 g/mol. The Hall–Kier alpha value is -3.99. The second kappa shape index (κ2) is 9.87. The van der Waals surface area contributed by atoms with Crippen molar-refractivity contribution in [3.05, 3.63) is 53.6 Å². The number of H-pyrrole nitrogens is 1. The number of esters is 1. The molecule has 0 saturated carbocycles. The van der Waals surface area contributed by atoms with Crippen LogP contribution < -0.4 is 5.32 Å². The summed E-state index contributed by atoms with van der Waals surface area (Å²) in [6.07, 6.45) is -0.108. The number of carbonyl (C=O) groups is 3. The SMILES string of the molecule is CCOC(=O)c1ccc(NC(=O)CC2SC(N=Nc3c(O)[nH]c4ccc(C)cc34)=NC2=O)cc1. The first kappa shape index (κ1) is 23.2. The molecular formula is C23H21N5O5S. The van der Waals surface area contributed by atoms with Gasteiger partial charge in [0, 0.05) is 17.5 Å². The number of amides is 2. The van der Waals surface area contributed by atoms with E-state index in [1.807, 2.05) is 25.1 Å². The van der Waals surface area contributed by atoms with Crippen LogP contribution in [0.4, 0.5) is 11.4 Å². The van der Waals surface area contributed by atoms with E-state index in [0.717, 1.165) is 17.3 Å². The third-order valence-electron chi connectivity index (χ3n) is 4.92. The fourth-order valence-electron chi connectivity index (χ4n) is 3.30. The summed E-state index contributed by atoms with van der Waals surface area (Å²) in [5, 5.41) is 21.0. The predicted octanol–water partition coefficient (Wildman–Crippen LogP) is 4.47. The maximum atomic E-state index is 12.4. The van der Waals surface area contributed by atoms with Gasteiger partial charge in [0.2, 0.25) is 17.0 Å². The molecule has 0 bridgehead atoms. The molecule has 10 nitrogen and oxygen atoms in total. The number of aromatic amines is 1. The Morgan fingerprint density at radius 1 is 1.21 bits per heavy atom. The van der Waals surface area contributed by atoms with E-state index in [2.05, 4.69) is 25.5 Å². The number of hydrogen-bond donors (Lipinski definition) is 3. The number of nitrogens with one attached hydrogen (secondary N) is 2. The van der Waals surface area contributed by atoms with Crippen molar-refractivity contribution in [2.75, 3.05) is 11.9 Å². The van der Waals surface area contributed by atoms with Crippen molar-refractivity contribution in [1.29, 1.82) is 0 Å². The van der Waals surface area contributed by atoms with Crippen molar-refractivity contribution in [3.63, 3.8) is 0 Å². The van der Waals surface area contributed by atoms with Crippen LogP contribution in [0.25, 0.3) is 10.9 Å². The number of thioether (sulfide) groups is 1. The Bertz CT molecular complexity index is 1330. The van der Waals surface area contributed by atoms with E-state index in [9.17, 15) is 19.5 Å². The van der Waals surface area contributed by atoms with Crippen molar-refractivity contribution >= 4 is 57.0 Å². The highest BCUT2D eigenvalue weighted by Gasteiger charge is 2.31. The highest BCUT2D eigenvalue weighted by molar-refractivity contribution is 8.15. The van der Waals surface area contributed by atoms with Crippen LogP contribution in [-0.2, 0) is 14.3 Å². The average Bonchev–Trinajstić information content (AvgIpc) is 3.30. The van der Waals surface area contributed by atoms with Crippen LogP contribution >= 0.6 is 11.8 Å². The Kier molecular flexibility index (Phi) is 6.73. The van der Waals surface area contributed by atoms with E-state index in [1.54, 1.807) is 31.2 Å². The summed E-state index contributed by atoms with van der Waals surface area (Å²) in [5.41, 5.74) is 2.81. The summed E-state index contributed by atoms with van der Waals surface area (Å²) < 4.78 is 4.92. The third-order valence-corrected chi connectivity index (χ3v) is 5.96. The molecule has 1 aromatic heterocycles. The van der Waals surface area contributed by atoms with Crippen LogP contribution in [0.15, 0.2) is 57.7 Å². The first-order valence-electron chi connectivity index (χ1n) is 10.4. The van der Waals surface area contributed by atoms with Gasteiger partial charge in [0.1, 0.15) is 5.25 Å². The number of nitrogens with zero attached hydrogens (tertiary/aromatic N) is 3. The lowest BCUT2D eigenvalue weighted by atomic mass is 10.2. The molecule has 1 aliphatic rings. The first-order chi connectivity index (χ1) is 16.3. The lowest BCUT2D eigenvalue weighted by molar-refractivity contribution is -0.121.